The topological polar surface area (TPSA) is 237 Å². The molecule has 0 aliphatic carbocycles. The summed E-state index contributed by atoms with van der Waals surface area (Å²) in [6, 6.07) is 0. The van der Waals surface area contributed by atoms with Crippen molar-refractivity contribution in [1.82, 2.24) is 0 Å². The molecule has 0 aliphatic rings. The first-order valence-electron chi connectivity index (χ1n) is 40.0. The zero-order chi connectivity index (χ0) is 70.7. The van der Waals surface area contributed by atoms with Crippen LogP contribution in [0.4, 0.5) is 0 Å². The van der Waals surface area contributed by atoms with E-state index in [4.69, 9.17) is 37.0 Å². The molecule has 19 heteroatoms. The summed E-state index contributed by atoms with van der Waals surface area (Å²) < 4.78 is 68.6. The maximum atomic E-state index is 13.1. The number of phosphoric acid groups is 2. The fourth-order valence-corrected chi connectivity index (χ4v) is 13.4. The van der Waals surface area contributed by atoms with E-state index in [1.807, 2.05) is 0 Å². The lowest BCUT2D eigenvalue weighted by atomic mass is 10.0. The number of carbonyl (C=O) groups excluding carboxylic acids is 4. The van der Waals surface area contributed by atoms with Crippen molar-refractivity contribution in [1.29, 1.82) is 0 Å². The molecule has 0 heterocycles. The number of hydrogen-bond donors (Lipinski definition) is 3. The largest absolute Gasteiger partial charge is 0.472 e. The van der Waals surface area contributed by atoms with E-state index in [1.165, 1.54) is 212 Å². The van der Waals surface area contributed by atoms with Crippen LogP contribution in [0.3, 0.4) is 0 Å². The number of aliphatic hydroxyl groups is 1. The number of aliphatic hydroxyl groups excluding tert-OH is 1. The van der Waals surface area contributed by atoms with Gasteiger partial charge in [-0.3, -0.25) is 37.3 Å². The van der Waals surface area contributed by atoms with Gasteiger partial charge in [-0.1, -0.05) is 350 Å². The van der Waals surface area contributed by atoms with Gasteiger partial charge in [0.15, 0.2) is 12.2 Å². The van der Waals surface area contributed by atoms with E-state index in [1.54, 1.807) is 0 Å². The molecule has 0 amide bonds. The molecule has 17 nitrogen and oxygen atoms in total. The summed E-state index contributed by atoms with van der Waals surface area (Å²) >= 11 is 0. The van der Waals surface area contributed by atoms with E-state index in [-0.39, 0.29) is 25.7 Å². The minimum Gasteiger partial charge on any atom is -0.462 e. The van der Waals surface area contributed by atoms with Crippen LogP contribution in [0, 0.1) is 11.8 Å². The molecule has 0 radical (unpaired) electrons. The summed E-state index contributed by atoms with van der Waals surface area (Å²) in [5, 5.41) is 10.6. The molecule has 570 valence electrons. The highest BCUT2D eigenvalue weighted by Crippen LogP contribution is 2.45. The molecule has 0 spiro atoms. The van der Waals surface area contributed by atoms with Gasteiger partial charge in [-0.15, -0.1) is 0 Å². The van der Waals surface area contributed by atoms with Crippen molar-refractivity contribution < 1.29 is 80.2 Å². The Morgan fingerprint density at radius 1 is 0.281 bits per heavy atom. The normalized spacial score (nSPS) is 14.0. The third-order valence-corrected chi connectivity index (χ3v) is 19.9. The summed E-state index contributed by atoms with van der Waals surface area (Å²) in [5.41, 5.74) is 0. The third-order valence-electron chi connectivity index (χ3n) is 18.0. The van der Waals surface area contributed by atoms with Crippen molar-refractivity contribution in [3.05, 3.63) is 0 Å². The van der Waals surface area contributed by atoms with Crippen LogP contribution in [0.25, 0.3) is 0 Å². The van der Waals surface area contributed by atoms with Crippen molar-refractivity contribution in [2.24, 2.45) is 11.8 Å². The molecule has 2 unspecified atom stereocenters. The molecule has 0 rings (SSSR count). The standard InChI is InChI=1S/C77H150O17P2/c1-7-9-11-13-15-17-19-21-23-28-31-35-41-47-53-59-74(79)87-65-72(93-77(82)62-56-50-43-37-33-29-25-22-24-27-30-34-39-45-51-57-69(3)4)67-91-95(83,84)89-63-71(78)64-90-96(85,86)92-68-73(66-88-75(80)60-54-48-44-38-40-46-52-58-70(5)6)94-76(81)61-55-49-42-36-32-26-20-18-16-14-12-10-8-2/h69-73,78H,7-68H2,1-6H3,(H,83,84)(H,85,86)/t71-,72-,73-/m1/s1. The van der Waals surface area contributed by atoms with Crippen molar-refractivity contribution in [2.45, 2.75) is 419 Å². The van der Waals surface area contributed by atoms with E-state index in [0.29, 0.717) is 31.6 Å². The van der Waals surface area contributed by atoms with Crippen molar-refractivity contribution in [3.63, 3.8) is 0 Å². The summed E-state index contributed by atoms with van der Waals surface area (Å²) in [6.07, 6.45) is 56.8. The zero-order valence-corrected chi connectivity index (χ0v) is 64.5. The van der Waals surface area contributed by atoms with Gasteiger partial charge in [0.2, 0.25) is 0 Å². The molecule has 3 N–H and O–H groups in total. The van der Waals surface area contributed by atoms with E-state index in [2.05, 4.69) is 41.5 Å². The van der Waals surface area contributed by atoms with Crippen LogP contribution in [0.2, 0.25) is 0 Å². The quantitative estimate of drug-likeness (QED) is 0.0222. The number of unbranched alkanes of at least 4 members (excludes halogenated alkanes) is 46. The molecule has 0 saturated heterocycles. The highest BCUT2D eigenvalue weighted by Gasteiger charge is 2.30. The maximum Gasteiger partial charge on any atom is 0.472 e. The lowest BCUT2D eigenvalue weighted by Gasteiger charge is -2.21. The van der Waals surface area contributed by atoms with Crippen LogP contribution in [-0.4, -0.2) is 96.7 Å². The molecule has 96 heavy (non-hydrogen) atoms. The summed E-state index contributed by atoms with van der Waals surface area (Å²) in [6.45, 7) is 9.58. The second kappa shape index (κ2) is 68.8. The summed E-state index contributed by atoms with van der Waals surface area (Å²) in [5.74, 6) is -0.605. The van der Waals surface area contributed by atoms with Crippen molar-refractivity contribution >= 4 is 39.5 Å². The Morgan fingerprint density at radius 3 is 0.708 bits per heavy atom. The fourth-order valence-electron chi connectivity index (χ4n) is 11.8. The van der Waals surface area contributed by atoms with E-state index in [0.717, 1.165) is 102 Å². The van der Waals surface area contributed by atoms with Gasteiger partial charge in [0.05, 0.1) is 26.4 Å². The number of carbonyl (C=O) groups is 4. The molecule has 0 aromatic heterocycles. The maximum absolute atomic E-state index is 13.1. The third kappa shape index (κ3) is 70.5. The van der Waals surface area contributed by atoms with Crippen LogP contribution >= 0.6 is 15.6 Å². The monoisotopic (exact) mass is 1410 g/mol. The van der Waals surface area contributed by atoms with Crippen molar-refractivity contribution in [2.75, 3.05) is 39.6 Å². The van der Waals surface area contributed by atoms with E-state index in [9.17, 15) is 43.2 Å². The highest BCUT2D eigenvalue weighted by atomic mass is 31.2. The summed E-state index contributed by atoms with van der Waals surface area (Å²) in [4.78, 5) is 72.8. The second-order valence-electron chi connectivity index (χ2n) is 28.7. The number of esters is 4. The minimum absolute atomic E-state index is 0.107. The summed E-state index contributed by atoms with van der Waals surface area (Å²) in [7, 11) is -9.91. The average molecular weight is 1410 g/mol. The molecule has 0 aromatic rings. The van der Waals surface area contributed by atoms with Gasteiger partial charge in [-0.25, -0.2) is 9.13 Å². The number of phosphoric ester groups is 2. The molecule has 5 atom stereocenters. The van der Waals surface area contributed by atoms with Gasteiger partial charge < -0.3 is 33.8 Å². The van der Waals surface area contributed by atoms with Gasteiger partial charge in [0, 0.05) is 25.7 Å². The smallest absolute Gasteiger partial charge is 0.462 e. The molecular formula is C77H150O17P2. The Balaban J connectivity index is 5.24. The molecule has 0 fully saturated rings. The molecule has 0 aromatic carbocycles. The van der Waals surface area contributed by atoms with Gasteiger partial charge in [-0.05, 0) is 37.5 Å². The SMILES string of the molecule is CCCCCCCCCCCCCCCCCC(=O)OC[C@H](COP(=O)(O)OC[C@@H](O)COP(=O)(O)OC[C@@H](COC(=O)CCCCCCCCCC(C)C)OC(=O)CCCCCCCCCCCCCCC)OC(=O)CCCCCCCCCCCCCCCCCC(C)C. The van der Waals surface area contributed by atoms with Crippen LogP contribution in [0.5, 0.6) is 0 Å². The van der Waals surface area contributed by atoms with E-state index < -0.39 is 97.5 Å². The Hall–Kier alpha value is -1.94. The van der Waals surface area contributed by atoms with Crippen LogP contribution in [-0.2, 0) is 65.4 Å². The molecule has 0 saturated carbocycles. The molecule has 0 bridgehead atoms. The highest BCUT2D eigenvalue weighted by molar-refractivity contribution is 7.47. The first-order chi connectivity index (χ1) is 46.4. The number of hydrogen-bond acceptors (Lipinski definition) is 15. The Bertz CT molecular complexity index is 1860. The molecular weight excluding hydrogens is 1260 g/mol. The predicted octanol–water partition coefficient (Wildman–Crippen LogP) is 22.7. The van der Waals surface area contributed by atoms with Crippen molar-refractivity contribution in [3.8, 4) is 0 Å². The van der Waals surface area contributed by atoms with Gasteiger partial charge >= 0.3 is 39.5 Å². The first kappa shape index (κ1) is 94.1. The Kier molecular flexibility index (Phi) is 67.4. The minimum atomic E-state index is -4.96. The average Bonchev–Trinajstić information content (AvgIpc) is 1.14. The molecule has 0 aliphatic heterocycles. The van der Waals surface area contributed by atoms with E-state index >= 15 is 0 Å². The Morgan fingerprint density at radius 2 is 0.479 bits per heavy atom. The fraction of sp³-hybridized carbons (Fsp3) is 0.948. The van der Waals surface area contributed by atoms with Crippen LogP contribution in [0.1, 0.15) is 401 Å². The van der Waals surface area contributed by atoms with Gasteiger partial charge in [0.25, 0.3) is 0 Å². The van der Waals surface area contributed by atoms with Gasteiger partial charge in [-0.2, -0.15) is 0 Å². The van der Waals surface area contributed by atoms with Crippen LogP contribution in [0.15, 0.2) is 0 Å². The second-order valence-corrected chi connectivity index (χ2v) is 31.6. The predicted molar refractivity (Wildman–Crippen MR) is 391 cm³/mol. The zero-order valence-electron chi connectivity index (χ0n) is 62.7. The number of ether oxygens (including phenoxy) is 4. The Labute approximate surface area is 588 Å². The lowest BCUT2D eigenvalue weighted by molar-refractivity contribution is -0.161. The number of rotatable bonds is 76. The van der Waals surface area contributed by atoms with Gasteiger partial charge in [0.1, 0.15) is 19.3 Å². The van der Waals surface area contributed by atoms with Crippen LogP contribution < -0.4 is 0 Å². The first-order valence-corrected chi connectivity index (χ1v) is 43.0. The lowest BCUT2D eigenvalue weighted by Crippen LogP contribution is -2.30.